The third-order valence-electron chi connectivity index (χ3n) is 9.88. The van der Waals surface area contributed by atoms with Crippen molar-refractivity contribution < 1.29 is 9.59 Å². The topological polar surface area (TPSA) is 103 Å². The molecule has 2 aliphatic rings. The van der Waals surface area contributed by atoms with Gasteiger partial charge in [0, 0.05) is 97.5 Å². The molecular weight excluding hydrogens is 658 g/mol. The fourth-order valence-corrected chi connectivity index (χ4v) is 7.23. The molecule has 260 valence electrons. The minimum absolute atomic E-state index is 0.0425. The minimum Gasteiger partial charge on any atom is -0.356 e. The maximum atomic E-state index is 13.2. The smallest absolute Gasteiger partial charge is 0.253 e. The Hall–Kier alpha value is -5.12. The molecule has 9 nitrogen and oxygen atoms in total. The lowest BCUT2D eigenvalue weighted by Crippen LogP contribution is -2.45. The largest absolute Gasteiger partial charge is 0.356 e. The molecule has 10 heteroatoms. The van der Waals surface area contributed by atoms with Gasteiger partial charge < -0.3 is 15.5 Å². The molecule has 0 unspecified atom stereocenters. The lowest BCUT2D eigenvalue weighted by Gasteiger charge is -2.34. The van der Waals surface area contributed by atoms with E-state index in [2.05, 4.69) is 42.5 Å². The van der Waals surface area contributed by atoms with Crippen molar-refractivity contribution in [3.63, 3.8) is 0 Å². The number of carbonyl (C=O) groups excluding carboxylic acids is 2. The third kappa shape index (κ3) is 8.44. The van der Waals surface area contributed by atoms with E-state index in [-0.39, 0.29) is 23.9 Å². The predicted molar refractivity (Wildman–Crippen MR) is 202 cm³/mol. The summed E-state index contributed by atoms with van der Waals surface area (Å²) in [5.74, 6) is 0.785. The van der Waals surface area contributed by atoms with Gasteiger partial charge in [0.25, 0.3) is 11.8 Å². The van der Waals surface area contributed by atoms with Gasteiger partial charge >= 0.3 is 0 Å². The molecule has 0 aliphatic carbocycles. The van der Waals surface area contributed by atoms with E-state index in [1.807, 2.05) is 80.0 Å². The third-order valence-corrected chi connectivity index (χ3v) is 10.3. The Morgan fingerprint density at radius 3 is 2.20 bits per heavy atom. The Kier molecular flexibility index (Phi) is 10.7. The van der Waals surface area contributed by atoms with E-state index in [4.69, 9.17) is 16.6 Å². The molecule has 3 aromatic heterocycles. The first kappa shape index (κ1) is 34.3. The van der Waals surface area contributed by atoms with Crippen LogP contribution >= 0.6 is 11.6 Å². The molecule has 0 saturated carbocycles. The van der Waals surface area contributed by atoms with E-state index in [1.165, 1.54) is 5.56 Å². The molecule has 51 heavy (non-hydrogen) atoms. The van der Waals surface area contributed by atoms with E-state index in [0.717, 1.165) is 92.2 Å². The predicted octanol–water partition coefficient (Wildman–Crippen LogP) is 6.96. The normalized spacial score (nSPS) is 15.8. The van der Waals surface area contributed by atoms with E-state index >= 15 is 0 Å². The zero-order chi connectivity index (χ0) is 35.2. The summed E-state index contributed by atoms with van der Waals surface area (Å²) in [6.07, 6.45) is 10.8. The number of anilines is 1. The molecule has 7 rings (SSSR count). The summed E-state index contributed by atoms with van der Waals surface area (Å²) in [5, 5.41) is 6.90. The number of hydrogen-bond donors (Lipinski definition) is 2. The molecule has 0 spiro atoms. The van der Waals surface area contributed by atoms with Crippen LogP contribution in [-0.4, -0.2) is 69.9 Å². The number of benzene rings is 2. The number of aryl methyl sites for hydroxylation is 1. The second-order valence-corrected chi connectivity index (χ2v) is 13.8. The van der Waals surface area contributed by atoms with Crippen LogP contribution in [0.1, 0.15) is 57.7 Å². The first-order valence-electron chi connectivity index (χ1n) is 17.7. The molecule has 2 amide bonds. The molecule has 0 atom stereocenters. The van der Waals surface area contributed by atoms with Gasteiger partial charge in [0.1, 0.15) is 5.82 Å². The van der Waals surface area contributed by atoms with E-state index in [1.54, 1.807) is 18.5 Å². The number of aromatic nitrogens is 3. The number of amides is 2. The Balaban J connectivity index is 0.851. The van der Waals surface area contributed by atoms with Crippen molar-refractivity contribution in [2.24, 2.45) is 0 Å². The van der Waals surface area contributed by atoms with Gasteiger partial charge in [-0.3, -0.25) is 24.5 Å². The van der Waals surface area contributed by atoms with Gasteiger partial charge in [-0.2, -0.15) is 0 Å². The number of nitrogens with zero attached hydrogens (tertiary/aromatic N) is 5. The van der Waals surface area contributed by atoms with Crippen LogP contribution in [0.15, 0.2) is 104 Å². The van der Waals surface area contributed by atoms with Crippen LogP contribution in [0, 0.1) is 6.92 Å². The highest BCUT2D eigenvalue weighted by Crippen LogP contribution is 2.31. The number of rotatable bonds is 9. The molecule has 2 N–H and O–H groups in total. The fourth-order valence-electron chi connectivity index (χ4n) is 6.91. The van der Waals surface area contributed by atoms with Crippen LogP contribution in [0.5, 0.6) is 0 Å². The molecule has 5 aromatic rings. The fraction of sp³-hybridized carbons (Fsp3) is 0.293. The molecule has 2 saturated heterocycles. The molecule has 2 aliphatic heterocycles. The van der Waals surface area contributed by atoms with Gasteiger partial charge in [-0.25, -0.2) is 4.98 Å². The maximum Gasteiger partial charge on any atom is 0.253 e. The highest BCUT2D eigenvalue weighted by atomic mass is 35.5. The van der Waals surface area contributed by atoms with E-state index < -0.39 is 0 Å². The number of likely N-dealkylation sites (tertiary alicyclic amines) is 1. The Morgan fingerprint density at radius 2 is 1.49 bits per heavy atom. The van der Waals surface area contributed by atoms with Gasteiger partial charge in [-0.05, 0) is 80.1 Å². The van der Waals surface area contributed by atoms with Crippen molar-refractivity contribution >= 4 is 29.2 Å². The Morgan fingerprint density at radius 1 is 0.745 bits per heavy atom. The van der Waals surface area contributed by atoms with Crippen molar-refractivity contribution in [1.82, 2.24) is 30.5 Å². The number of hydrogen-bond acceptors (Lipinski definition) is 7. The zero-order valence-electron chi connectivity index (χ0n) is 28.8. The molecule has 2 aromatic carbocycles. The summed E-state index contributed by atoms with van der Waals surface area (Å²) in [6, 6.07) is 25.6. The molecule has 0 bridgehead atoms. The number of carbonyl (C=O) groups is 2. The number of nitrogens with one attached hydrogen (secondary N) is 2. The summed E-state index contributed by atoms with van der Waals surface area (Å²) in [6.45, 7) is 6.22. The molecule has 0 radical (unpaired) electrons. The van der Waals surface area contributed by atoms with E-state index in [0.29, 0.717) is 16.1 Å². The molecular formula is C41H42ClN7O2. The van der Waals surface area contributed by atoms with Crippen LogP contribution in [0.2, 0.25) is 5.02 Å². The highest BCUT2D eigenvalue weighted by Gasteiger charge is 2.25. The first-order chi connectivity index (χ1) is 24.9. The van der Waals surface area contributed by atoms with E-state index in [9.17, 15) is 9.59 Å². The van der Waals surface area contributed by atoms with Crippen molar-refractivity contribution in [2.45, 2.75) is 51.2 Å². The number of halogens is 1. The first-order valence-corrected chi connectivity index (χ1v) is 18.0. The van der Waals surface area contributed by atoms with Crippen molar-refractivity contribution in [3.8, 4) is 22.3 Å². The van der Waals surface area contributed by atoms with Crippen LogP contribution in [-0.2, 0) is 6.54 Å². The number of piperidine rings is 2. The maximum absolute atomic E-state index is 13.2. The van der Waals surface area contributed by atoms with Crippen molar-refractivity contribution in [2.75, 3.05) is 31.1 Å². The lowest BCUT2D eigenvalue weighted by molar-refractivity contribution is 0.0906. The minimum atomic E-state index is -0.141. The van der Waals surface area contributed by atoms with Gasteiger partial charge in [-0.15, -0.1) is 0 Å². The summed E-state index contributed by atoms with van der Waals surface area (Å²) >= 11 is 6.71. The molecule has 5 heterocycles. The second-order valence-electron chi connectivity index (χ2n) is 13.5. The standard InChI is InChI=1S/C41H42ClN7O2/c1-28-10-12-33(26-44-28)36-8-3-9-37(39(36)42)41(51)47-34-14-19-48(20-15-34)27-29-11-13-38(45-24-29)49-21-16-35(17-22-49)46-40(50)31-6-2-5-30(23-31)32-7-4-18-43-25-32/h2-13,18,23-26,34-35H,14-17,19-22,27H2,1H3,(H,46,50)(H,47,51). The lowest BCUT2D eigenvalue weighted by atomic mass is 10.0. The zero-order valence-corrected chi connectivity index (χ0v) is 29.5. The summed E-state index contributed by atoms with van der Waals surface area (Å²) < 4.78 is 0. The average Bonchev–Trinajstić information content (AvgIpc) is 3.17. The van der Waals surface area contributed by atoms with Gasteiger partial charge in [0.05, 0.1) is 10.6 Å². The van der Waals surface area contributed by atoms with Gasteiger partial charge in [0.15, 0.2) is 0 Å². The quantitative estimate of drug-likeness (QED) is 0.172. The Bertz CT molecular complexity index is 1960. The SMILES string of the molecule is Cc1ccc(-c2cccc(C(=O)NC3CCN(Cc4ccc(N5CCC(NC(=O)c6cccc(-c7cccnc7)c6)CC5)nc4)CC3)c2Cl)cn1. The van der Waals surface area contributed by atoms with Crippen LogP contribution in [0.25, 0.3) is 22.3 Å². The van der Waals surface area contributed by atoms with Gasteiger partial charge in [0.2, 0.25) is 0 Å². The van der Waals surface area contributed by atoms with Crippen LogP contribution < -0.4 is 15.5 Å². The summed E-state index contributed by atoms with van der Waals surface area (Å²) in [7, 11) is 0. The highest BCUT2D eigenvalue weighted by molar-refractivity contribution is 6.36. The number of pyridine rings is 3. The summed E-state index contributed by atoms with van der Waals surface area (Å²) in [5.41, 5.74) is 6.92. The Labute approximate surface area is 304 Å². The molecule has 2 fully saturated rings. The van der Waals surface area contributed by atoms with Crippen LogP contribution in [0.3, 0.4) is 0 Å². The average molecular weight is 700 g/mol. The summed E-state index contributed by atoms with van der Waals surface area (Å²) in [4.78, 5) is 44.4. The van der Waals surface area contributed by atoms with Crippen LogP contribution in [0.4, 0.5) is 5.82 Å². The van der Waals surface area contributed by atoms with Crippen molar-refractivity contribution in [3.05, 3.63) is 131 Å². The van der Waals surface area contributed by atoms with Crippen molar-refractivity contribution in [1.29, 1.82) is 0 Å². The van der Waals surface area contributed by atoms with Gasteiger partial charge in [-0.1, -0.05) is 54.1 Å². The second kappa shape index (κ2) is 15.8. The monoisotopic (exact) mass is 699 g/mol.